The van der Waals surface area contributed by atoms with Gasteiger partial charge in [-0.3, -0.25) is 0 Å². The largest absolute Gasteiger partial charge is 0.497 e. The Balaban J connectivity index is 0.000000884. The number of methoxy groups -OCH3 is 1. The van der Waals surface area contributed by atoms with E-state index in [0.29, 0.717) is 29.8 Å². The SMILES string of the molecule is C.C=C1CCCC/C1=C/C=C1\CCCC(C)(C(C)[C@H](C)CCO)C1C.CC.COc1ccccc1. The Morgan fingerprint density at radius 1 is 1.06 bits per heavy atom. The molecule has 1 aromatic carbocycles. The number of hydrogen-bond donors (Lipinski definition) is 1. The molecule has 1 N–H and O–H groups in total. The van der Waals surface area contributed by atoms with Gasteiger partial charge in [0.05, 0.1) is 7.11 Å². The van der Waals surface area contributed by atoms with E-state index < -0.39 is 0 Å². The summed E-state index contributed by atoms with van der Waals surface area (Å²) < 4.78 is 4.91. The van der Waals surface area contributed by atoms with E-state index in [4.69, 9.17) is 4.74 Å². The Bertz CT molecular complexity index is 761. The normalized spacial score (nSPS) is 25.8. The Kier molecular flexibility index (Phi) is 16.7. The van der Waals surface area contributed by atoms with Crippen LogP contribution in [0.15, 0.2) is 65.8 Å². The molecule has 4 atom stereocenters. The smallest absolute Gasteiger partial charge is 0.118 e. The predicted molar refractivity (Wildman–Crippen MR) is 156 cm³/mol. The van der Waals surface area contributed by atoms with E-state index in [1.807, 2.05) is 44.2 Å². The van der Waals surface area contributed by atoms with Crippen molar-refractivity contribution in [3.8, 4) is 5.75 Å². The lowest BCUT2D eigenvalue weighted by atomic mass is 9.57. The van der Waals surface area contributed by atoms with Crippen molar-refractivity contribution < 1.29 is 9.84 Å². The Labute approximate surface area is 218 Å². The van der Waals surface area contributed by atoms with Gasteiger partial charge >= 0.3 is 0 Å². The van der Waals surface area contributed by atoms with Gasteiger partial charge < -0.3 is 9.84 Å². The number of para-hydroxylation sites is 1. The summed E-state index contributed by atoms with van der Waals surface area (Å²) in [5, 5.41) is 9.31. The first kappa shape index (κ1) is 33.2. The molecule has 0 spiro atoms. The van der Waals surface area contributed by atoms with Crippen LogP contribution in [-0.4, -0.2) is 18.8 Å². The van der Waals surface area contributed by atoms with E-state index in [2.05, 4.69) is 46.4 Å². The van der Waals surface area contributed by atoms with Gasteiger partial charge in [-0.1, -0.05) is 97.0 Å². The van der Waals surface area contributed by atoms with Gasteiger partial charge in [0.15, 0.2) is 0 Å². The molecule has 0 saturated heterocycles. The Morgan fingerprint density at radius 3 is 2.23 bits per heavy atom. The molecule has 0 aromatic heterocycles. The second-order valence-electron chi connectivity index (χ2n) is 10.1. The van der Waals surface area contributed by atoms with E-state index in [1.54, 1.807) is 12.7 Å². The maximum absolute atomic E-state index is 9.31. The average molecular weight is 485 g/mol. The fraction of sp³-hybridized carbons (Fsp3) is 0.636. The highest BCUT2D eigenvalue weighted by Gasteiger charge is 2.42. The zero-order valence-corrected chi connectivity index (χ0v) is 23.2. The number of ether oxygens (including phenoxy) is 1. The number of hydrogen-bond acceptors (Lipinski definition) is 2. The van der Waals surface area contributed by atoms with Crippen LogP contribution in [0.5, 0.6) is 5.75 Å². The summed E-state index contributed by atoms with van der Waals surface area (Å²) in [4.78, 5) is 0. The van der Waals surface area contributed by atoms with Crippen LogP contribution in [0.1, 0.15) is 100 Å². The molecular weight excluding hydrogens is 428 g/mol. The number of aliphatic hydroxyl groups excluding tert-OH is 1. The number of aliphatic hydroxyl groups is 1. The monoisotopic (exact) mass is 484 g/mol. The molecule has 1 aromatic rings. The predicted octanol–water partition coefficient (Wildman–Crippen LogP) is 9.81. The van der Waals surface area contributed by atoms with Crippen molar-refractivity contribution >= 4 is 0 Å². The summed E-state index contributed by atoms with van der Waals surface area (Å²) in [5.74, 6) is 2.75. The molecule has 0 aliphatic heterocycles. The first-order valence-electron chi connectivity index (χ1n) is 13.6. The number of allylic oxidation sites excluding steroid dienone is 5. The van der Waals surface area contributed by atoms with Crippen molar-refractivity contribution in [2.24, 2.45) is 23.2 Å². The average Bonchev–Trinajstić information content (AvgIpc) is 2.87. The van der Waals surface area contributed by atoms with Crippen molar-refractivity contribution in [3.05, 3.63) is 65.8 Å². The van der Waals surface area contributed by atoms with Crippen LogP contribution in [0.4, 0.5) is 0 Å². The molecule has 0 bridgehead atoms. The molecule has 3 rings (SSSR count). The highest BCUT2D eigenvalue weighted by molar-refractivity contribution is 5.35. The lowest BCUT2D eigenvalue weighted by molar-refractivity contribution is 0.0533. The Hall–Kier alpha value is -1.80. The van der Waals surface area contributed by atoms with Crippen molar-refractivity contribution in [2.45, 2.75) is 100 Å². The Morgan fingerprint density at radius 2 is 1.69 bits per heavy atom. The zero-order chi connectivity index (χ0) is 25.6. The van der Waals surface area contributed by atoms with Crippen LogP contribution < -0.4 is 4.74 Å². The van der Waals surface area contributed by atoms with Crippen molar-refractivity contribution in [2.75, 3.05) is 13.7 Å². The van der Waals surface area contributed by atoms with Gasteiger partial charge in [-0.15, -0.1) is 0 Å². The lowest BCUT2D eigenvalue weighted by Crippen LogP contribution is -2.39. The molecule has 35 heavy (non-hydrogen) atoms. The highest BCUT2D eigenvalue weighted by atomic mass is 16.5. The summed E-state index contributed by atoms with van der Waals surface area (Å²) in [6, 6.07) is 9.68. The lowest BCUT2D eigenvalue weighted by Gasteiger charge is -2.48. The second kappa shape index (κ2) is 17.6. The van der Waals surface area contributed by atoms with Crippen LogP contribution in [0.2, 0.25) is 0 Å². The summed E-state index contributed by atoms with van der Waals surface area (Å²) in [7, 11) is 1.66. The fourth-order valence-corrected chi connectivity index (χ4v) is 5.44. The third-order valence-electron chi connectivity index (χ3n) is 8.31. The van der Waals surface area contributed by atoms with Crippen LogP contribution >= 0.6 is 0 Å². The number of benzene rings is 1. The molecule has 0 amide bonds. The van der Waals surface area contributed by atoms with Crippen molar-refractivity contribution in [1.29, 1.82) is 0 Å². The molecular formula is C33H56O2. The van der Waals surface area contributed by atoms with Crippen LogP contribution in [0.3, 0.4) is 0 Å². The first-order chi connectivity index (χ1) is 16.3. The molecule has 2 aliphatic carbocycles. The molecule has 2 saturated carbocycles. The minimum absolute atomic E-state index is 0. The summed E-state index contributed by atoms with van der Waals surface area (Å²) in [6.07, 6.45) is 14.6. The molecule has 2 nitrogen and oxygen atoms in total. The molecule has 0 radical (unpaired) electrons. The third-order valence-corrected chi connectivity index (χ3v) is 8.31. The van der Waals surface area contributed by atoms with Crippen molar-refractivity contribution in [3.63, 3.8) is 0 Å². The van der Waals surface area contributed by atoms with Gasteiger partial charge in [-0.2, -0.15) is 0 Å². The van der Waals surface area contributed by atoms with E-state index in [9.17, 15) is 5.11 Å². The minimum Gasteiger partial charge on any atom is -0.497 e. The molecule has 2 heteroatoms. The maximum Gasteiger partial charge on any atom is 0.118 e. The first-order valence-corrected chi connectivity index (χ1v) is 13.6. The second-order valence-corrected chi connectivity index (χ2v) is 10.1. The fourth-order valence-electron chi connectivity index (χ4n) is 5.44. The third kappa shape index (κ3) is 10.00. The number of rotatable bonds is 6. The van der Waals surface area contributed by atoms with Crippen molar-refractivity contribution in [1.82, 2.24) is 0 Å². The summed E-state index contributed by atoms with van der Waals surface area (Å²) in [5.41, 5.74) is 4.81. The van der Waals surface area contributed by atoms with Gasteiger partial charge in [0.1, 0.15) is 5.75 Å². The van der Waals surface area contributed by atoms with E-state index in [0.717, 1.165) is 12.2 Å². The van der Waals surface area contributed by atoms with Gasteiger partial charge in [-0.25, -0.2) is 0 Å². The molecule has 200 valence electrons. The summed E-state index contributed by atoms with van der Waals surface area (Å²) >= 11 is 0. The van der Waals surface area contributed by atoms with Crippen LogP contribution in [0.25, 0.3) is 0 Å². The molecule has 0 heterocycles. The maximum atomic E-state index is 9.31. The van der Waals surface area contributed by atoms with E-state index >= 15 is 0 Å². The van der Waals surface area contributed by atoms with Crippen LogP contribution in [0, 0.1) is 23.2 Å². The van der Waals surface area contributed by atoms with Gasteiger partial charge in [0.2, 0.25) is 0 Å². The highest BCUT2D eigenvalue weighted by Crippen LogP contribution is 2.51. The quantitative estimate of drug-likeness (QED) is 0.435. The zero-order valence-electron chi connectivity index (χ0n) is 23.2. The van der Waals surface area contributed by atoms with Crippen LogP contribution in [-0.2, 0) is 0 Å². The van der Waals surface area contributed by atoms with Gasteiger partial charge in [0.25, 0.3) is 0 Å². The molecule has 3 unspecified atom stereocenters. The topological polar surface area (TPSA) is 29.5 Å². The van der Waals surface area contributed by atoms with E-state index in [1.165, 1.54) is 56.1 Å². The molecule has 2 fully saturated rings. The van der Waals surface area contributed by atoms with Gasteiger partial charge in [-0.05, 0) is 92.2 Å². The molecule has 2 aliphatic rings. The van der Waals surface area contributed by atoms with E-state index in [-0.39, 0.29) is 7.43 Å². The standard InChI is InChI=1S/C23H38O.C7H8O.C2H6.CH4/c1-17(14-16-24)19(3)23(5)15-8-11-22(20(23)4)13-12-21-10-7-6-9-18(21)2;1-8-7-5-3-2-4-6-7;1-2;/h12-13,17,19-20,24H,2,6-11,14-16H2,1,3-5H3;2-6H,1H3;1-2H3;1H4/b21-12-,22-13+;;;/t17-,19?,20?,23?;;;/m1.../s1. The van der Waals surface area contributed by atoms with Gasteiger partial charge in [0, 0.05) is 6.61 Å². The summed E-state index contributed by atoms with van der Waals surface area (Å²) in [6.45, 7) is 18.2. The minimum atomic E-state index is 0.